The average Bonchev–Trinajstić information content (AvgIpc) is 2.98. The van der Waals surface area contributed by atoms with Crippen LogP contribution in [-0.4, -0.2) is 51.4 Å². The molecule has 0 saturated carbocycles. The molecule has 1 aromatic rings. The highest BCUT2D eigenvalue weighted by Crippen LogP contribution is 2.09. The predicted molar refractivity (Wildman–Crippen MR) is 89.6 cm³/mol. The number of carbonyl (C=O) groups excluding carboxylic acids is 1. The summed E-state index contributed by atoms with van der Waals surface area (Å²) in [5.41, 5.74) is 1.01. The lowest BCUT2D eigenvalue weighted by Gasteiger charge is -2.18. The number of sulfonamides is 1. The summed E-state index contributed by atoms with van der Waals surface area (Å²) < 4.78 is 26.9. The van der Waals surface area contributed by atoms with Gasteiger partial charge in [-0.3, -0.25) is 9.69 Å². The Morgan fingerprint density at radius 1 is 1.22 bits per heavy atom. The van der Waals surface area contributed by atoms with Gasteiger partial charge in [-0.2, -0.15) is 0 Å². The van der Waals surface area contributed by atoms with Crippen molar-refractivity contribution in [2.24, 2.45) is 0 Å². The van der Waals surface area contributed by atoms with Gasteiger partial charge in [-0.15, -0.1) is 0 Å². The summed E-state index contributed by atoms with van der Waals surface area (Å²) in [6.45, 7) is 6.17. The van der Waals surface area contributed by atoms with Crippen molar-refractivity contribution in [3.8, 4) is 0 Å². The van der Waals surface area contributed by atoms with Crippen LogP contribution < -0.4 is 10.0 Å². The summed E-state index contributed by atoms with van der Waals surface area (Å²) in [6, 6.07) is 6.42. The number of aryl methyl sites for hydroxylation is 1. The van der Waals surface area contributed by atoms with E-state index in [0.29, 0.717) is 6.54 Å². The third-order valence-corrected chi connectivity index (χ3v) is 5.32. The first-order chi connectivity index (χ1) is 10.9. The Morgan fingerprint density at radius 3 is 2.43 bits per heavy atom. The van der Waals surface area contributed by atoms with E-state index in [1.54, 1.807) is 31.2 Å². The van der Waals surface area contributed by atoms with Crippen molar-refractivity contribution < 1.29 is 13.2 Å². The fraction of sp³-hybridized carbons (Fsp3) is 0.562. The van der Waals surface area contributed by atoms with Gasteiger partial charge >= 0.3 is 0 Å². The topological polar surface area (TPSA) is 78.5 Å². The molecule has 0 radical (unpaired) electrons. The van der Waals surface area contributed by atoms with Crippen molar-refractivity contribution in [3.05, 3.63) is 29.8 Å². The summed E-state index contributed by atoms with van der Waals surface area (Å²) >= 11 is 0. The first-order valence-corrected chi connectivity index (χ1v) is 9.43. The maximum Gasteiger partial charge on any atom is 0.240 e. The maximum absolute atomic E-state index is 12.2. The van der Waals surface area contributed by atoms with Gasteiger partial charge in [0.1, 0.15) is 0 Å². The molecule has 1 heterocycles. The molecule has 1 amide bonds. The number of nitrogens with one attached hydrogen (secondary N) is 2. The van der Waals surface area contributed by atoms with Crippen LogP contribution in [0.25, 0.3) is 0 Å². The van der Waals surface area contributed by atoms with Crippen molar-refractivity contribution >= 4 is 15.9 Å². The fourth-order valence-electron chi connectivity index (χ4n) is 2.55. The van der Waals surface area contributed by atoms with E-state index in [2.05, 4.69) is 14.9 Å². The Kier molecular flexibility index (Phi) is 6.15. The number of nitrogens with zero attached hydrogens (tertiary/aromatic N) is 1. The van der Waals surface area contributed by atoms with Gasteiger partial charge in [-0.25, -0.2) is 13.1 Å². The Bertz CT molecular complexity index is 622. The zero-order chi connectivity index (χ0) is 16.9. The van der Waals surface area contributed by atoms with Crippen LogP contribution in [0.15, 0.2) is 29.2 Å². The monoisotopic (exact) mass is 339 g/mol. The molecule has 7 heteroatoms. The number of amides is 1. The quantitative estimate of drug-likeness (QED) is 0.773. The second-order valence-electron chi connectivity index (χ2n) is 6.12. The fourth-order valence-corrected chi connectivity index (χ4v) is 3.68. The van der Waals surface area contributed by atoms with Crippen LogP contribution in [-0.2, 0) is 14.8 Å². The van der Waals surface area contributed by atoms with E-state index in [4.69, 9.17) is 0 Å². The molecule has 0 aliphatic carbocycles. The van der Waals surface area contributed by atoms with Crippen molar-refractivity contribution in [1.29, 1.82) is 0 Å². The van der Waals surface area contributed by atoms with Crippen LogP contribution in [0.4, 0.5) is 0 Å². The summed E-state index contributed by atoms with van der Waals surface area (Å²) in [4.78, 5) is 14.3. The normalized spacial score (nSPS) is 17.1. The molecular weight excluding hydrogens is 314 g/mol. The number of hydrogen-bond donors (Lipinski definition) is 2. The van der Waals surface area contributed by atoms with Crippen molar-refractivity contribution in [2.45, 2.75) is 37.6 Å². The zero-order valence-corrected chi connectivity index (χ0v) is 14.5. The number of likely N-dealkylation sites (tertiary alicyclic amines) is 1. The number of hydrogen-bond acceptors (Lipinski definition) is 4. The van der Waals surface area contributed by atoms with Crippen LogP contribution in [0.5, 0.6) is 0 Å². The minimum atomic E-state index is -3.54. The molecule has 1 fully saturated rings. The summed E-state index contributed by atoms with van der Waals surface area (Å²) in [5.74, 6) is -0.0612. The molecule has 0 bridgehead atoms. The van der Waals surface area contributed by atoms with Gasteiger partial charge in [0.15, 0.2) is 0 Å². The van der Waals surface area contributed by atoms with Crippen LogP contribution >= 0.6 is 0 Å². The highest BCUT2D eigenvalue weighted by atomic mass is 32.2. The standard InChI is InChI=1S/C16H25N3O3S/c1-13-5-7-15(8-6-13)23(21,22)17-11-14(2)18-16(20)12-19-9-3-4-10-19/h5-8,14,17H,3-4,9-12H2,1-2H3,(H,18,20)/t14-/m1/s1. The third-order valence-electron chi connectivity index (χ3n) is 3.88. The maximum atomic E-state index is 12.2. The van der Waals surface area contributed by atoms with Gasteiger partial charge in [0.05, 0.1) is 11.4 Å². The smallest absolute Gasteiger partial charge is 0.240 e. The minimum absolute atomic E-state index is 0.0612. The van der Waals surface area contributed by atoms with E-state index in [1.165, 1.54) is 0 Å². The number of rotatable bonds is 7. The van der Waals surface area contributed by atoms with Gasteiger partial charge in [-0.1, -0.05) is 17.7 Å². The summed E-state index contributed by atoms with van der Waals surface area (Å²) in [5, 5.41) is 2.83. The Balaban J connectivity index is 1.79. The summed E-state index contributed by atoms with van der Waals surface area (Å²) in [7, 11) is -3.54. The average molecular weight is 339 g/mol. The molecule has 1 atom stereocenters. The highest BCUT2D eigenvalue weighted by molar-refractivity contribution is 7.89. The molecular formula is C16H25N3O3S. The summed E-state index contributed by atoms with van der Waals surface area (Å²) in [6.07, 6.45) is 2.28. The van der Waals surface area contributed by atoms with Gasteiger partial charge in [0.25, 0.3) is 0 Å². The second kappa shape index (κ2) is 7.90. The van der Waals surface area contributed by atoms with E-state index < -0.39 is 10.0 Å². The van der Waals surface area contributed by atoms with E-state index >= 15 is 0 Å². The number of carbonyl (C=O) groups is 1. The Morgan fingerprint density at radius 2 is 1.83 bits per heavy atom. The molecule has 1 aliphatic rings. The zero-order valence-electron chi connectivity index (χ0n) is 13.7. The van der Waals surface area contributed by atoms with Crippen LogP contribution in [0.3, 0.4) is 0 Å². The molecule has 2 rings (SSSR count). The van der Waals surface area contributed by atoms with E-state index in [0.717, 1.165) is 31.5 Å². The molecule has 1 aliphatic heterocycles. The van der Waals surface area contributed by atoms with E-state index in [1.807, 2.05) is 6.92 Å². The first-order valence-electron chi connectivity index (χ1n) is 7.95. The number of benzene rings is 1. The second-order valence-corrected chi connectivity index (χ2v) is 7.88. The van der Waals surface area contributed by atoms with Gasteiger partial charge in [0.2, 0.25) is 15.9 Å². The predicted octanol–water partition coefficient (Wildman–Crippen LogP) is 0.874. The van der Waals surface area contributed by atoms with Crippen LogP contribution in [0.2, 0.25) is 0 Å². The Labute approximate surface area is 138 Å². The van der Waals surface area contributed by atoms with Crippen molar-refractivity contribution in [2.75, 3.05) is 26.2 Å². The van der Waals surface area contributed by atoms with E-state index in [9.17, 15) is 13.2 Å². The van der Waals surface area contributed by atoms with Crippen LogP contribution in [0.1, 0.15) is 25.3 Å². The molecule has 0 unspecified atom stereocenters. The minimum Gasteiger partial charge on any atom is -0.351 e. The lowest BCUT2D eigenvalue weighted by Crippen LogP contribution is -2.45. The van der Waals surface area contributed by atoms with Gasteiger partial charge < -0.3 is 5.32 Å². The molecule has 1 aromatic carbocycles. The SMILES string of the molecule is Cc1ccc(S(=O)(=O)NC[C@@H](C)NC(=O)CN2CCCC2)cc1. The lowest BCUT2D eigenvalue weighted by atomic mass is 10.2. The van der Waals surface area contributed by atoms with Crippen LogP contribution in [0, 0.1) is 6.92 Å². The molecule has 6 nitrogen and oxygen atoms in total. The molecule has 0 aromatic heterocycles. The molecule has 2 N–H and O–H groups in total. The molecule has 128 valence electrons. The lowest BCUT2D eigenvalue weighted by molar-refractivity contribution is -0.122. The van der Waals surface area contributed by atoms with Crippen molar-refractivity contribution in [1.82, 2.24) is 14.9 Å². The largest absolute Gasteiger partial charge is 0.351 e. The van der Waals surface area contributed by atoms with Gasteiger partial charge in [-0.05, 0) is 51.9 Å². The Hall–Kier alpha value is -1.44. The third kappa shape index (κ3) is 5.60. The molecule has 0 spiro atoms. The highest BCUT2D eigenvalue weighted by Gasteiger charge is 2.18. The molecule has 1 saturated heterocycles. The first kappa shape index (κ1) is 17.9. The van der Waals surface area contributed by atoms with Gasteiger partial charge in [0, 0.05) is 12.6 Å². The molecule has 23 heavy (non-hydrogen) atoms. The van der Waals surface area contributed by atoms with Crippen molar-refractivity contribution in [3.63, 3.8) is 0 Å². The van der Waals surface area contributed by atoms with E-state index in [-0.39, 0.29) is 23.4 Å².